The van der Waals surface area contributed by atoms with Crippen LogP contribution in [0.3, 0.4) is 0 Å². The summed E-state index contributed by atoms with van der Waals surface area (Å²) in [5, 5.41) is 2.07. The van der Waals surface area contributed by atoms with Gasteiger partial charge in [-0.25, -0.2) is 18.4 Å². The van der Waals surface area contributed by atoms with Crippen LogP contribution >= 0.6 is 0 Å². The third kappa shape index (κ3) is 4.85. The van der Waals surface area contributed by atoms with E-state index < -0.39 is 9.84 Å². The third-order valence-electron chi connectivity index (χ3n) is 8.63. The molecule has 1 unspecified atom stereocenters. The minimum absolute atomic E-state index is 0.207. The van der Waals surface area contributed by atoms with Gasteiger partial charge in [-0.1, -0.05) is 0 Å². The number of nitrogens with one attached hydrogen (secondary N) is 1. The molecule has 8 heteroatoms. The fourth-order valence-electron chi connectivity index (χ4n) is 6.87. The number of hydrogen-bond donors (Lipinski definition) is 1. The van der Waals surface area contributed by atoms with Crippen LogP contribution in [0.15, 0.2) is 30.7 Å². The fourth-order valence-corrected chi connectivity index (χ4v) is 8.81. The number of aromatic nitrogens is 3. The monoisotopic (exact) mass is 495 g/mol. The second-order valence-electron chi connectivity index (χ2n) is 11.0. The van der Waals surface area contributed by atoms with Crippen LogP contribution in [0.4, 0.5) is 0 Å². The van der Waals surface area contributed by atoms with Gasteiger partial charge in [0, 0.05) is 36.3 Å². The highest BCUT2D eigenvalue weighted by atomic mass is 32.2. The summed E-state index contributed by atoms with van der Waals surface area (Å²) in [7, 11) is -3.12. The first kappa shape index (κ1) is 23.4. The molecule has 7 nitrogen and oxygen atoms in total. The molecule has 5 heterocycles. The number of aromatic amines is 1. The molecule has 0 bridgehead atoms. The van der Waals surface area contributed by atoms with Crippen LogP contribution in [0.2, 0.25) is 0 Å². The summed E-state index contributed by atoms with van der Waals surface area (Å²) in [5.41, 5.74) is 3.10. The fraction of sp³-hybridized carbons (Fsp3) is 0.630. The Bertz CT molecular complexity index is 1280. The molecular weight excluding hydrogens is 458 g/mol. The van der Waals surface area contributed by atoms with Crippen molar-refractivity contribution in [3.8, 4) is 0 Å². The molecule has 35 heavy (non-hydrogen) atoms. The van der Waals surface area contributed by atoms with E-state index in [0.717, 1.165) is 68.3 Å². The summed E-state index contributed by atoms with van der Waals surface area (Å²) in [5.74, 6) is 1.24. The average molecular weight is 496 g/mol. The van der Waals surface area contributed by atoms with Crippen molar-refractivity contribution in [2.75, 3.05) is 38.6 Å². The Morgan fingerprint density at radius 2 is 1.74 bits per heavy atom. The molecule has 1 saturated carbocycles. The zero-order valence-corrected chi connectivity index (χ0v) is 21.3. The highest BCUT2D eigenvalue weighted by Crippen LogP contribution is 2.40. The summed E-state index contributed by atoms with van der Waals surface area (Å²) >= 11 is 0. The van der Waals surface area contributed by atoms with Gasteiger partial charge >= 0.3 is 0 Å². The van der Waals surface area contributed by atoms with Gasteiger partial charge < -0.3 is 9.88 Å². The smallest absolute Gasteiger partial charge is 0.166 e. The predicted molar refractivity (Wildman–Crippen MR) is 140 cm³/mol. The van der Waals surface area contributed by atoms with Crippen LogP contribution < -0.4 is 0 Å². The number of piperidine rings is 1. The number of sulfone groups is 1. The van der Waals surface area contributed by atoms with E-state index in [2.05, 4.69) is 30.8 Å². The van der Waals surface area contributed by atoms with Gasteiger partial charge in [0.2, 0.25) is 0 Å². The lowest BCUT2D eigenvalue weighted by molar-refractivity contribution is 0.158. The number of H-pyrrole nitrogens is 1. The van der Waals surface area contributed by atoms with E-state index in [0.29, 0.717) is 11.8 Å². The molecule has 1 N–H and O–H groups in total. The summed E-state index contributed by atoms with van der Waals surface area (Å²) in [6.45, 7) is 5.45. The van der Waals surface area contributed by atoms with E-state index >= 15 is 0 Å². The molecule has 3 aromatic heterocycles. The normalized spacial score (nSPS) is 27.1. The van der Waals surface area contributed by atoms with Gasteiger partial charge in [-0.05, 0) is 101 Å². The van der Waals surface area contributed by atoms with Crippen molar-refractivity contribution in [1.29, 1.82) is 0 Å². The first-order valence-corrected chi connectivity index (χ1v) is 15.2. The first-order chi connectivity index (χ1) is 17.1. The third-order valence-corrected chi connectivity index (χ3v) is 10.8. The first-order valence-electron chi connectivity index (χ1n) is 13.4. The van der Waals surface area contributed by atoms with Crippen molar-refractivity contribution in [3.05, 3.63) is 36.3 Å². The average Bonchev–Trinajstić information content (AvgIpc) is 3.56. The summed E-state index contributed by atoms with van der Waals surface area (Å²) < 4.78 is 26.9. The second kappa shape index (κ2) is 9.79. The van der Waals surface area contributed by atoms with Gasteiger partial charge in [0.15, 0.2) is 15.5 Å². The Hall–Kier alpha value is -2.03. The molecule has 2 saturated heterocycles. The maximum Gasteiger partial charge on any atom is 0.166 e. The standard InChI is InChI=1S/C27H37N5O2S/c33-35(34,19-32-15-3-4-20(18-32)17-31-13-1-2-14-31)22-7-5-21(6-8-22)23-9-11-28-25-16-30-27-24(26(23)25)10-12-29-27/h9-12,16,20-22,28H,1-8,13-15,17-19H2. The van der Waals surface area contributed by atoms with Crippen LogP contribution in [-0.2, 0) is 9.84 Å². The second-order valence-corrected chi connectivity index (χ2v) is 13.3. The molecule has 3 fully saturated rings. The number of fused-ring (bicyclic) bond motifs is 3. The lowest BCUT2D eigenvalue weighted by Gasteiger charge is -2.36. The summed E-state index contributed by atoms with van der Waals surface area (Å²) in [4.78, 5) is 17.0. The van der Waals surface area contributed by atoms with Gasteiger partial charge in [-0.2, -0.15) is 0 Å². The Balaban J connectivity index is 1.11. The van der Waals surface area contributed by atoms with Crippen molar-refractivity contribution < 1.29 is 8.42 Å². The van der Waals surface area contributed by atoms with Crippen LogP contribution in [0.1, 0.15) is 62.8 Å². The number of hydrogen-bond acceptors (Lipinski definition) is 6. The predicted octanol–water partition coefficient (Wildman–Crippen LogP) is 4.32. The molecule has 1 aliphatic carbocycles. The van der Waals surface area contributed by atoms with Crippen LogP contribution in [0.5, 0.6) is 0 Å². The quantitative estimate of drug-likeness (QED) is 0.549. The van der Waals surface area contributed by atoms with E-state index in [1.807, 2.05) is 24.7 Å². The Morgan fingerprint density at radius 1 is 0.943 bits per heavy atom. The molecule has 3 aromatic rings. The zero-order valence-electron chi connectivity index (χ0n) is 20.5. The van der Waals surface area contributed by atoms with Gasteiger partial charge in [0.25, 0.3) is 0 Å². The van der Waals surface area contributed by atoms with Crippen molar-refractivity contribution >= 4 is 31.8 Å². The lowest BCUT2D eigenvalue weighted by atomic mass is 9.82. The largest absolute Gasteiger partial charge is 0.360 e. The van der Waals surface area contributed by atoms with E-state index in [1.165, 1.54) is 43.3 Å². The van der Waals surface area contributed by atoms with Crippen molar-refractivity contribution in [1.82, 2.24) is 24.8 Å². The molecule has 188 valence electrons. The van der Waals surface area contributed by atoms with Gasteiger partial charge in [-0.3, -0.25) is 4.90 Å². The molecular formula is C27H37N5O2S. The highest BCUT2D eigenvalue weighted by Gasteiger charge is 2.34. The van der Waals surface area contributed by atoms with Crippen LogP contribution in [-0.4, -0.2) is 77.0 Å². The maximum atomic E-state index is 13.4. The summed E-state index contributed by atoms with van der Waals surface area (Å²) in [6.07, 6.45) is 14.0. The van der Waals surface area contributed by atoms with E-state index in [9.17, 15) is 8.42 Å². The van der Waals surface area contributed by atoms with E-state index in [1.54, 1.807) is 0 Å². The minimum Gasteiger partial charge on any atom is -0.360 e. The Kier molecular flexibility index (Phi) is 6.54. The van der Waals surface area contributed by atoms with Gasteiger partial charge in [0.1, 0.15) is 5.88 Å². The molecule has 2 aliphatic heterocycles. The molecule has 0 aromatic carbocycles. The number of rotatable bonds is 6. The Morgan fingerprint density at radius 3 is 2.57 bits per heavy atom. The highest BCUT2D eigenvalue weighted by molar-refractivity contribution is 7.91. The van der Waals surface area contributed by atoms with Crippen LogP contribution in [0.25, 0.3) is 21.9 Å². The Labute approximate surface area is 208 Å². The number of likely N-dealkylation sites (tertiary alicyclic amines) is 2. The number of pyridine rings is 2. The maximum absolute atomic E-state index is 13.4. The SMILES string of the molecule is O=S(=O)(CN1CCCC(CN2CCCC2)C1)C1CCC(c2cc[nH]c3cnc4nccc4c23)CC1. The van der Waals surface area contributed by atoms with Crippen molar-refractivity contribution in [3.63, 3.8) is 0 Å². The topological polar surface area (TPSA) is 82.2 Å². The minimum atomic E-state index is -3.12. The molecule has 1 atom stereocenters. The van der Waals surface area contributed by atoms with E-state index in [-0.39, 0.29) is 11.1 Å². The molecule has 6 rings (SSSR count). The molecule has 0 radical (unpaired) electrons. The molecule has 0 spiro atoms. The van der Waals surface area contributed by atoms with E-state index in [4.69, 9.17) is 0 Å². The van der Waals surface area contributed by atoms with Crippen LogP contribution in [0, 0.1) is 5.92 Å². The molecule has 3 aliphatic rings. The lowest BCUT2D eigenvalue weighted by Crippen LogP contribution is -2.44. The molecule has 0 amide bonds. The van der Waals surface area contributed by atoms with Gasteiger partial charge in [-0.15, -0.1) is 0 Å². The van der Waals surface area contributed by atoms with Crippen molar-refractivity contribution in [2.24, 2.45) is 5.92 Å². The zero-order chi connectivity index (χ0) is 23.8. The van der Waals surface area contributed by atoms with Crippen molar-refractivity contribution in [2.45, 2.75) is 62.5 Å². The summed E-state index contributed by atoms with van der Waals surface area (Å²) in [6, 6.07) is 4.20. The van der Waals surface area contributed by atoms with Gasteiger partial charge in [0.05, 0.1) is 17.0 Å². The number of nitrogens with zero attached hydrogens (tertiary/aromatic N) is 4.